The number of allylic oxidation sites excluding steroid dienone is 2. The summed E-state index contributed by atoms with van der Waals surface area (Å²) in [6.45, 7) is 8.23. The molecule has 3 heteroatoms. The van der Waals surface area contributed by atoms with E-state index in [0.29, 0.717) is 0 Å². The van der Waals surface area contributed by atoms with Crippen molar-refractivity contribution in [2.45, 2.75) is 149 Å². The van der Waals surface area contributed by atoms with E-state index in [1.807, 2.05) is 13.1 Å². The van der Waals surface area contributed by atoms with Gasteiger partial charge in [-0.2, -0.15) is 0 Å². The molecule has 3 atom stereocenters. The molecule has 1 N–H and O–H groups in total. The zero-order valence-corrected chi connectivity index (χ0v) is 21.4. The summed E-state index contributed by atoms with van der Waals surface area (Å²) >= 11 is 0. The maximum atomic E-state index is 10.2. The van der Waals surface area contributed by atoms with Gasteiger partial charge in [0.25, 0.3) is 0 Å². The number of nitrogens with zero attached hydrogens (tertiary/aromatic N) is 2. The third kappa shape index (κ3) is 12.2. The van der Waals surface area contributed by atoms with Crippen LogP contribution in [0.25, 0.3) is 0 Å². The Morgan fingerprint density at radius 1 is 0.806 bits per heavy atom. The van der Waals surface area contributed by atoms with Crippen molar-refractivity contribution >= 4 is 6.21 Å². The standard InChI is InChI=1S/C28H55N2O/c1-4-6-7-8-9-10-11-12-13-14-15-16-17-18-19-20-21-22-23-24-28-29-25-26-30(28,5-2)27(3)31/h7-8,25,27-28,31H,4-6,9-24,26H2,1-3H3/q+1/b8-7+. The predicted octanol–water partition coefficient (Wildman–Crippen LogP) is 8.17. The molecule has 31 heavy (non-hydrogen) atoms. The van der Waals surface area contributed by atoms with Gasteiger partial charge in [0.2, 0.25) is 0 Å². The highest BCUT2D eigenvalue weighted by Crippen LogP contribution is 2.26. The van der Waals surface area contributed by atoms with E-state index >= 15 is 0 Å². The molecule has 1 aliphatic rings. The second-order valence-electron chi connectivity index (χ2n) is 9.83. The first-order chi connectivity index (χ1) is 15.2. The highest BCUT2D eigenvalue weighted by atomic mass is 16.3. The Morgan fingerprint density at radius 2 is 1.29 bits per heavy atom. The maximum absolute atomic E-state index is 10.2. The molecule has 0 saturated carbocycles. The summed E-state index contributed by atoms with van der Waals surface area (Å²) in [5, 5.41) is 10.2. The zero-order chi connectivity index (χ0) is 22.6. The van der Waals surface area contributed by atoms with Crippen LogP contribution in [0, 0.1) is 0 Å². The van der Waals surface area contributed by atoms with E-state index in [2.05, 4.69) is 31.0 Å². The molecule has 3 unspecified atom stereocenters. The van der Waals surface area contributed by atoms with E-state index < -0.39 is 0 Å². The minimum Gasteiger partial charge on any atom is -0.345 e. The van der Waals surface area contributed by atoms with Gasteiger partial charge in [-0.15, -0.1) is 0 Å². The van der Waals surface area contributed by atoms with Crippen LogP contribution in [0.4, 0.5) is 0 Å². The van der Waals surface area contributed by atoms with Gasteiger partial charge in [-0.3, -0.25) is 4.48 Å². The van der Waals surface area contributed by atoms with E-state index in [1.54, 1.807) is 0 Å². The van der Waals surface area contributed by atoms with Crippen molar-refractivity contribution in [3.63, 3.8) is 0 Å². The molecule has 0 radical (unpaired) electrons. The Balaban J connectivity index is 1.83. The average molecular weight is 436 g/mol. The quantitative estimate of drug-likeness (QED) is 0.110. The first-order valence-electron chi connectivity index (χ1n) is 13.9. The first-order valence-corrected chi connectivity index (χ1v) is 13.9. The summed E-state index contributed by atoms with van der Waals surface area (Å²) in [7, 11) is 0. The van der Waals surface area contributed by atoms with Gasteiger partial charge in [0.05, 0.1) is 12.8 Å². The van der Waals surface area contributed by atoms with Crippen LogP contribution in [0.1, 0.15) is 136 Å². The molecule has 0 bridgehead atoms. The number of aliphatic imine (C=N–C) groups is 1. The van der Waals surface area contributed by atoms with Crippen LogP contribution in [0.3, 0.4) is 0 Å². The largest absolute Gasteiger partial charge is 0.345 e. The average Bonchev–Trinajstić information content (AvgIpc) is 3.19. The van der Waals surface area contributed by atoms with Crippen molar-refractivity contribution in [1.82, 2.24) is 0 Å². The summed E-state index contributed by atoms with van der Waals surface area (Å²) in [5.74, 6) is 0. The molecule has 0 aromatic rings. The van der Waals surface area contributed by atoms with Gasteiger partial charge in [-0.1, -0.05) is 103 Å². The highest BCUT2D eigenvalue weighted by Gasteiger charge is 2.41. The number of hydrogen-bond acceptors (Lipinski definition) is 2. The molecule has 1 heterocycles. The Hall–Kier alpha value is -0.670. The van der Waals surface area contributed by atoms with Crippen molar-refractivity contribution in [1.29, 1.82) is 0 Å². The molecule has 182 valence electrons. The summed E-state index contributed by atoms with van der Waals surface area (Å²) < 4.78 is 0.746. The molecule has 1 aliphatic heterocycles. The summed E-state index contributed by atoms with van der Waals surface area (Å²) in [6, 6.07) is 0. The van der Waals surface area contributed by atoms with E-state index in [-0.39, 0.29) is 12.4 Å². The molecule has 1 rings (SSSR count). The van der Waals surface area contributed by atoms with Crippen LogP contribution in [0.2, 0.25) is 0 Å². The fourth-order valence-electron chi connectivity index (χ4n) is 5.03. The molecular formula is C28H55N2O+. The van der Waals surface area contributed by atoms with E-state index in [1.165, 1.54) is 109 Å². The molecule has 0 saturated heterocycles. The molecule has 3 nitrogen and oxygen atoms in total. The predicted molar refractivity (Wildman–Crippen MR) is 138 cm³/mol. The zero-order valence-electron chi connectivity index (χ0n) is 21.4. The third-order valence-corrected chi connectivity index (χ3v) is 7.33. The number of quaternary nitrogens is 1. The molecule has 0 aromatic carbocycles. The summed E-state index contributed by atoms with van der Waals surface area (Å²) in [6.07, 6.45) is 31.3. The SMILES string of the molecule is CCC/C=C/CCCCCCCCCCCCCCCCC1N=CC[N+]1(CC)C(C)O. The molecule has 0 fully saturated rings. The van der Waals surface area contributed by atoms with Gasteiger partial charge in [0.15, 0.2) is 12.4 Å². The Kier molecular flexibility index (Phi) is 17.3. The van der Waals surface area contributed by atoms with Crippen LogP contribution < -0.4 is 0 Å². The molecule has 0 spiro atoms. The van der Waals surface area contributed by atoms with E-state index in [4.69, 9.17) is 0 Å². The minimum atomic E-state index is -0.310. The van der Waals surface area contributed by atoms with Gasteiger partial charge in [0.1, 0.15) is 6.54 Å². The summed E-state index contributed by atoms with van der Waals surface area (Å²) in [5.41, 5.74) is 0. The lowest BCUT2D eigenvalue weighted by Gasteiger charge is -2.40. The number of aliphatic hydroxyl groups is 1. The van der Waals surface area contributed by atoms with Gasteiger partial charge in [0, 0.05) is 13.3 Å². The van der Waals surface area contributed by atoms with Gasteiger partial charge >= 0.3 is 0 Å². The lowest BCUT2D eigenvalue weighted by atomic mass is 10.0. The number of hydrogen-bond donors (Lipinski definition) is 1. The van der Waals surface area contributed by atoms with E-state index in [9.17, 15) is 5.11 Å². The third-order valence-electron chi connectivity index (χ3n) is 7.33. The van der Waals surface area contributed by atoms with Crippen molar-refractivity contribution < 1.29 is 9.59 Å². The van der Waals surface area contributed by atoms with Crippen LogP contribution in [-0.2, 0) is 0 Å². The fourth-order valence-corrected chi connectivity index (χ4v) is 5.03. The monoisotopic (exact) mass is 435 g/mol. The Labute approximate surface area is 195 Å². The number of rotatable bonds is 21. The fraction of sp³-hybridized carbons (Fsp3) is 0.893. The minimum absolute atomic E-state index is 0.285. The Morgan fingerprint density at radius 3 is 1.77 bits per heavy atom. The molecule has 0 amide bonds. The van der Waals surface area contributed by atoms with Crippen LogP contribution in [-0.4, -0.2) is 41.3 Å². The van der Waals surface area contributed by atoms with Gasteiger partial charge < -0.3 is 5.11 Å². The van der Waals surface area contributed by atoms with Crippen molar-refractivity contribution in [2.24, 2.45) is 4.99 Å². The number of aliphatic hydroxyl groups excluding tert-OH is 1. The normalized spacial score (nSPS) is 22.0. The molecule has 0 aromatic heterocycles. The van der Waals surface area contributed by atoms with Gasteiger partial charge in [-0.25, -0.2) is 4.99 Å². The smallest absolute Gasteiger partial charge is 0.189 e. The first kappa shape index (κ1) is 28.4. The van der Waals surface area contributed by atoms with Crippen LogP contribution in [0.15, 0.2) is 17.1 Å². The molecule has 0 aliphatic carbocycles. The Bertz CT molecular complexity index is 460. The van der Waals surface area contributed by atoms with Crippen molar-refractivity contribution in [2.75, 3.05) is 13.1 Å². The van der Waals surface area contributed by atoms with Crippen LogP contribution >= 0.6 is 0 Å². The lowest BCUT2D eigenvalue weighted by molar-refractivity contribution is -0.976. The lowest BCUT2D eigenvalue weighted by Crippen LogP contribution is -2.57. The van der Waals surface area contributed by atoms with Crippen molar-refractivity contribution in [3.8, 4) is 0 Å². The molecular weight excluding hydrogens is 380 g/mol. The van der Waals surface area contributed by atoms with Crippen LogP contribution in [0.5, 0.6) is 0 Å². The van der Waals surface area contributed by atoms with Gasteiger partial charge in [-0.05, 0) is 32.6 Å². The second-order valence-corrected chi connectivity index (χ2v) is 9.83. The highest BCUT2D eigenvalue weighted by molar-refractivity contribution is 5.60. The summed E-state index contributed by atoms with van der Waals surface area (Å²) in [4.78, 5) is 4.68. The maximum Gasteiger partial charge on any atom is 0.189 e. The second kappa shape index (κ2) is 18.9. The van der Waals surface area contributed by atoms with E-state index in [0.717, 1.165) is 24.0 Å². The number of unbranched alkanes of at least 4 members (excludes halogenated alkanes) is 15. The van der Waals surface area contributed by atoms with Crippen molar-refractivity contribution in [3.05, 3.63) is 12.2 Å². The topological polar surface area (TPSA) is 32.6 Å².